The molecule has 0 radical (unpaired) electrons. The van der Waals surface area contributed by atoms with E-state index in [4.69, 9.17) is 30.3 Å². The van der Waals surface area contributed by atoms with Gasteiger partial charge in [0.1, 0.15) is 0 Å². The first-order valence-electron chi connectivity index (χ1n) is 10.2. The maximum atomic E-state index is 13.0. The fourth-order valence-corrected chi connectivity index (χ4v) is 3.34. The van der Waals surface area contributed by atoms with Gasteiger partial charge >= 0.3 is 5.97 Å². The molecule has 1 amide bonds. The van der Waals surface area contributed by atoms with Crippen LogP contribution in [0.1, 0.15) is 26.6 Å². The molecule has 0 aliphatic carbocycles. The van der Waals surface area contributed by atoms with Gasteiger partial charge in [-0.2, -0.15) is 4.98 Å². The number of pyridine rings is 1. The van der Waals surface area contributed by atoms with Gasteiger partial charge in [-0.05, 0) is 24.3 Å². The van der Waals surface area contributed by atoms with E-state index in [0.717, 1.165) is 0 Å². The molecule has 0 aliphatic rings. The zero-order valence-corrected chi connectivity index (χ0v) is 19.4. The standard InChI is InChI=1S/C24H19ClN4O6/c1-32-19-10-16(18(11-20(19)33-2)27-23(30)15-7-3-4-8-17(15)25)24(31)34-13-21-28-22(29-35-21)14-6-5-9-26-12-14/h3-12H,13H2,1-2H3,(H,27,30). The molecule has 0 spiro atoms. The molecule has 2 aromatic heterocycles. The zero-order valence-electron chi connectivity index (χ0n) is 18.6. The van der Waals surface area contributed by atoms with Gasteiger partial charge in [0.2, 0.25) is 5.82 Å². The van der Waals surface area contributed by atoms with Crippen molar-refractivity contribution in [2.45, 2.75) is 6.61 Å². The normalized spacial score (nSPS) is 10.5. The molecule has 0 fully saturated rings. The van der Waals surface area contributed by atoms with Crippen LogP contribution in [0.2, 0.25) is 5.02 Å². The van der Waals surface area contributed by atoms with Crippen LogP contribution in [-0.4, -0.2) is 41.2 Å². The van der Waals surface area contributed by atoms with Crippen molar-refractivity contribution >= 4 is 29.2 Å². The predicted molar refractivity (Wildman–Crippen MR) is 126 cm³/mol. The molecule has 35 heavy (non-hydrogen) atoms. The molecule has 4 rings (SSSR count). The second kappa shape index (κ2) is 10.7. The first kappa shape index (κ1) is 23.7. The van der Waals surface area contributed by atoms with E-state index in [0.29, 0.717) is 17.1 Å². The van der Waals surface area contributed by atoms with Crippen molar-refractivity contribution in [3.05, 3.63) is 83.0 Å². The lowest BCUT2D eigenvalue weighted by Gasteiger charge is -2.15. The number of nitrogens with one attached hydrogen (secondary N) is 1. The Morgan fingerprint density at radius 2 is 1.80 bits per heavy atom. The second-order valence-electron chi connectivity index (χ2n) is 7.02. The molecule has 0 atom stereocenters. The minimum absolute atomic E-state index is 0.0232. The number of carbonyl (C=O) groups excluding carboxylic acids is 2. The van der Waals surface area contributed by atoms with Crippen LogP contribution in [0, 0.1) is 0 Å². The van der Waals surface area contributed by atoms with Crippen LogP contribution >= 0.6 is 11.6 Å². The van der Waals surface area contributed by atoms with Crippen LogP contribution in [0.4, 0.5) is 5.69 Å². The number of carbonyl (C=O) groups is 2. The Bertz CT molecular complexity index is 1360. The number of benzene rings is 2. The van der Waals surface area contributed by atoms with Gasteiger partial charge in [0.15, 0.2) is 18.1 Å². The summed E-state index contributed by atoms with van der Waals surface area (Å²) in [6.45, 7) is -0.293. The number of esters is 1. The topological polar surface area (TPSA) is 126 Å². The highest BCUT2D eigenvalue weighted by Gasteiger charge is 2.22. The van der Waals surface area contributed by atoms with Gasteiger partial charge < -0.3 is 24.1 Å². The number of anilines is 1. The van der Waals surface area contributed by atoms with Crippen molar-refractivity contribution in [1.82, 2.24) is 15.1 Å². The van der Waals surface area contributed by atoms with E-state index < -0.39 is 11.9 Å². The van der Waals surface area contributed by atoms with E-state index in [1.54, 1.807) is 48.8 Å². The number of hydrogen-bond acceptors (Lipinski definition) is 9. The summed E-state index contributed by atoms with van der Waals surface area (Å²) < 4.78 is 21.1. The Labute approximate surface area is 204 Å². The molecule has 0 saturated heterocycles. The summed E-state index contributed by atoms with van der Waals surface area (Å²) in [6, 6.07) is 12.9. The lowest BCUT2D eigenvalue weighted by Crippen LogP contribution is -2.17. The number of methoxy groups -OCH3 is 2. The van der Waals surface area contributed by atoms with Crippen molar-refractivity contribution in [3.63, 3.8) is 0 Å². The largest absolute Gasteiger partial charge is 0.493 e. The maximum Gasteiger partial charge on any atom is 0.340 e. The van der Waals surface area contributed by atoms with Gasteiger partial charge in [0.05, 0.1) is 36.1 Å². The fraction of sp³-hybridized carbons (Fsp3) is 0.125. The lowest BCUT2D eigenvalue weighted by molar-refractivity contribution is 0.0430. The smallest absolute Gasteiger partial charge is 0.340 e. The Morgan fingerprint density at radius 3 is 2.51 bits per heavy atom. The number of aromatic nitrogens is 3. The van der Waals surface area contributed by atoms with E-state index >= 15 is 0 Å². The minimum atomic E-state index is -0.762. The summed E-state index contributed by atoms with van der Waals surface area (Å²) >= 11 is 6.13. The van der Waals surface area contributed by atoms with Crippen molar-refractivity contribution in [2.24, 2.45) is 0 Å². The Hall–Kier alpha value is -4.44. The Balaban J connectivity index is 1.56. The fourth-order valence-electron chi connectivity index (χ4n) is 3.12. The summed E-state index contributed by atoms with van der Waals surface area (Å²) in [5.41, 5.74) is 1.05. The van der Waals surface area contributed by atoms with Crippen LogP contribution in [-0.2, 0) is 11.3 Å². The average molecular weight is 495 g/mol. The van der Waals surface area contributed by atoms with Crippen LogP contribution < -0.4 is 14.8 Å². The van der Waals surface area contributed by atoms with Gasteiger partial charge in [-0.25, -0.2) is 4.79 Å². The third kappa shape index (κ3) is 5.39. The van der Waals surface area contributed by atoms with Crippen molar-refractivity contribution in [3.8, 4) is 22.9 Å². The highest BCUT2D eigenvalue weighted by Crippen LogP contribution is 2.34. The Morgan fingerprint density at radius 1 is 1.03 bits per heavy atom. The summed E-state index contributed by atoms with van der Waals surface area (Å²) in [7, 11) is 2.86. The summed E-state index contributed by atoms with van der Waals surface area (Å²) in [5.74, 6) is -0.318. The predicted octanol–water partition coefficient (Wildman–Crippen LogP) is 4.41. The van der Waals surface area contributed by atoms with E-state index in [1.165, 1.54) is 26.4 Å². The highest BCUT2D eigenvalue weighted by molar-refractivity contribution is 6.34. The summed E-state index contributed by atoms with van der Waals surface area (Å²) in [5, 5.41) is 6.80. The van der Waals surface area contributed by atoms with Gasteiger partial charge in [-0.3, -0.25) is 9.78 Å². The summed E-state index contributed by atoms with van der Waals surface area (Å²) in [4.78, 5) is 34.0. The SMILES string of the molecule is COc1cc(NC(=O)c2ccccc2Cl)c(C(=O)OCc2nc(-c3cccnc3)no2)cc1OC. The van der Waals surface area contributed by atoms with Gasteiger partial charge in [0, 0.05) is 30.1 Å². The molecule has 1 N–H and O–H groups in total. The number of halogens is 1. The molecule has 2 heterocycles. The molecule has 10 nitrogen and oxygen atoms in total. The van der Waals surface area contributed by atoms with Gasteiger partial charge in [-0.15, -0.1) is 0 Å². The third-order valence-corrected chi connectivity index (χ3v) is 5.15. The number of ether oxygens (including phenoxy) is 3. The molecule has 2 aromatic carbocycles. The number of nitrogens with zero attached hydrogens (tertiary/aromatic N) is 3. The molecule has 178 valence electrons. The maximum absolute atomic E-state index is 13.0. The van der Waals surface area contributed by atoms with Gasteiger partial charge in [-0.1, -0.05) is 28.9 Å². The molecular weight excluding hydrogens is 476 g/mol. The van der Waals surface area contributed by atoms with Crippen LogP contribution in [0.5, 0.6) is 11.5 Å². The van der Waals surface area contributed by atoms with Crippen molar-refractivity contribution in [2.75, 3.05) is 19.5 Å². The number of rotatable bonds is 8. The number of hydrogen-bond donors (Lipinski definition) is 1. The Kier molecular flexibility index (Phi) is 7.22. The monoisotopic (exact) mass is 494 g/mol. The first-order valence-corrected chi connectivity index (χ1v) is 10.6. The highest BCUT2D eigenvalue weighted by atomic mass is 35.5. The molecule has 0 bridgehead atoms. The molecular formula is C24H19ClN4O6. The molecule has 11 heteroatoms. The quantitative estimate of drug-likeness (QED) is 0.354. The molecule has 0 aliphatic heterocycles. The summed E-state index contributed by atoms with van der Waals surface area (Å²) in [6.07, 6.45) is 3.20. The van der Waals surface area contributed by atoms with Crippen LogP contribution in [0.25, 0.3) is 11.4 Å². The van der Waals surface area contributed by atoms with Crippen molar-refractivity contribution < 1.29 is 28.3 Å². The zero-order chi connectivity index (χ0) is 24.8. The van der Waals surface area contributed by atoms with Gasteiger partial charge in [0.25, 0.3) is 11.8 Å². The van der Waals surface area contributed by atoms with Crippen LogP contribution in [0.3, 0.4) is 0 Å². The molecule has 0 unspecified atom stereocenters. The lowest BCUT2D eigenvalue weighted by atomic mass is 10.1. The molecule has 4 aromatic rings. The van der Waals surface area contributed by atoms with E-state index in [9.17, 15) is 9.59 Å². The second-order valence-corrected chi connectivity index (χ2v) is 7.42. The third-order valence-electron chi connectivity index (χ3n) is 4.82. The van der Waals surface area contributed by atoms with Crippen LogP contribution in [0.15, 0.2) is 65.4 Å². The average Bonchev–Trinajstić information content (AvgIpc) is 3.37. The van der Waals surface area contributed by atoms with Crippen molar-refractivity contribution in [1.29, 1.82) is 0 Å². The first-order chi connectivity index (χ1) is 17.0. The van der Waals surface area contributed by atoms with E-state index in [2.05, 4.69) is 20.4 Å². The van der Waals surface area contributed by atoms with E-state index in [-0.39, 0.29) is 40.1 Å². The number of amides is 1. The van der Waals surface area contributed by atoms with E-state index in [1.807, 2.05) is 0 Å². The molecule has 0 saturated carbocycles. The minimum Gasteiger partial charge on any atom is -0.493 e.